The molecule has 0 atom stereocenters. The van der Waals surface area contributed by atoms with Crippen molar-refractivity contribution < 1.29 is 9.13 Å². The molecule has 0 unspecified atom stereocenters. The van der Waals surface area contributed by atoms with Crippen molar-refractivity contribution in [2.24, 2.45) is 5.92 Å². The van der Waals surface area contributed by atoms with E-state index in [0.29, 0.717) is 24.9 Å². The lowest BCUT2D eigenvalue weighted by Crippen LogP contribution is -2.48. The molecule has 2 aromatic heterocycles. The molecule has 1 saturated carbocycles. The van der Waals surface area contributed by atoms with Gasteiger partial charge in [-0.15, -0.1) is 0 Å². The van der Waals surface area contributed by atoms with Crippen molar-refractivity contribution in [1.29, 1.82) is 0 Å². The van der Waals surface area contributed by atoms with Gasteiger partial charge in [0.05, 0.1) is 19.7 Å². The summed E-state index contributed by atoms with van der Waals surface area (Å²) in [6.45, 7) is 1.66. The van der Waals surface area contributed by atoms with Gasteiger partial charge < -0.3 is 9.64 Å². The number of hydrogen-bond acceptors (Lipinski definition) is 5. The zero-order valence-corrected chi connectivity index (χ0v) is 11.9. The SMILES string of the molecule is FC1CN(c2nc3ccc(OCC4CCC4)nc3s2)C1. The maximum absolute atomic E-state index is 12.9. The van der Waals surface area contributed by atoms with E-state index in [2.05, 4.69) is 9.97 Å². The minimum Gasteiger partial charge on any atom is -0.477 e. The quantitative estimate of drug-likeness (QED) is 0.868. The third kappa shape index (κ3) is 2.22. The fraction of sp³-hybridized carbons (Fsp3) is 0.571. The second-order valence-electron chi connectivity index (χ2n) is 5.58. The van der Waals surface area contributed by atoms with Crippen molar-refractivity contribution in [3.05, 3.63) is 12.1 Å². The van der Waals surface area contributed by atoms with Gasteiger partial charge in [0.1, 0.15) is 16.5 Å². The van der Waals surface area contributed by atoms with E-state index >= 15 is 0 Å². The Labute approximate surface area is 120 Å². The average molecular weight is 293 g/mol. The van der Waals surface area contributed by atoms with E-state index in [1.807, 2.05) is 17.0 Å². The highest BCUT2D eigenvalue weighted by Gasteiger charge is 2.28. The first-order chi connectivity index (χ1) is 9.78. The number of thiazole rings is 1. The van der Waals surface area contributed by atoms with Gasteiger partial charge in [0.2, 0.25) is 5.88 Å². The molecular weight excluding hydrogens is 277 g/mol. The zero-order valence-electron chi connectivity index (χ0n) is 11.1. The van der Waals surface area contributed by atoms with Gasteiger partial charge in [-0.1, -0.05) is 17.8 Å². The minimum absolute atomic E-state index is 0.449. The van der Waals surface area contributed by atoms with Crippen LogP contribution in [0.25, 0.3) is 10.3 Å². The van der Waals surface area contributed by atoms with Crippen LogP contribution in [-0.2, 0) is 0 Å². The molecule has 106 valence electrons. The van der Waals surface area contributed by atoms with Crippen molar-refractivity contribution in [1.82, 2.24) is 9.97 Å². The van der Waals surface area contributed by atoms with Gasteiger partial charge in [0.25, 0.3) is 0 Å². The number of aromatic nitrogens is 2. The number of anilines is 1. The largest absolute Gasteiger partial charge is 0.477 e. The molecule has 0 radical (unpaired) electrons. The molecule has 0 amide bonds. The molecule has 2 fully saturated rings. The van der Waals surface area contributed by atoms with Gasteiger partial charge in [-0.3, -0.25) is 0 Å². The second kappa shape index (κ2) is 4.84. The lowest BCUT2D eigenvalue weighted by atomic mass is 9.86. The average Bonchev–Trinajstić information content (AvgIpc) is 2.75. The number of hydrogen-bond donors (Lipinski definition) is 0. The minimum atomic E-state index is -0.712. The third-order valence-electron chi connectivity index (χ3n) is 4.02. The van der Waals surface area contributed by atoms with E-state index in [0.717, 1.165) is 22.1 Å². The van der Waals surface area contributed by atoms with Crippen LogP contribution in [0, 0.1) is 5.92 Å². The Morgan fingerprint density at radius 2 is 2.15 bits per heavy atom. The van der Waals surface area contributed by atoms with Crippen molar-refractivity contribution in [3.8, 4) is 5.88 Å². The van der Waals surface area contributed by atoms with Crippen LogP contribution >= 0.6 is 11.3 Å². The summed E-state index contributed by atoms with van der Waals surface area (Å²) in [5, 5.41) is 0.859. The molecule has 2 aromatic rings. The number of pyridine rings is 1. The van der Waals surface area contributed by atoms with Crippen LogP contribution in [0.5, 0.6) is 5.88 Å². The summed E-state index contributed by atoms with van der Waals surface area (Å²) in [7, 11) is 0. The highest BCUT2D eigenvalue weighted by atomic mass is 32.1. The van der Waals surface area contributed by atoms with Gasteiger partial charge in [-0.25, -0.2) is 14.4 Å². The summed E-state index contributed by atoms with van der Waals surface area (Å²) < 4.78 is 18.6. The number of fused-ring (bicyclic) bond motifs is 1. The normalized spacial score (nSPS) is 19.9. The number of halogens is 1. The topological polar surface area (TPSA) is 38.2 Å². The monoisotopic (exact) mass is 293 g/mol. The molecule has 0 N–H and O–H groups in total. The first-order valence-electron chi connectivity index (χ1n) is 7.07. The molecule has 3 heterocycles. The molecule has 4 rings (SSSR count). The Hall–Kier alpha value is -1.43. The van der Waals surface area contributed by atoms with Crippen LogP contribution in [-0.4, -0.2) is 35.8 Å². The molecule has 0 spiro atoms. The Balaban J connectivity index is 1.49. The predicted molar refractivity (Wildman–Crippen MR) is 77.4 cm³/mol. The maximum Gasteiger partial charge on any atom is 0.214 e. The van der Waals surface area contributed by atoms with Crippen LogP contribution in [0.2, 0.25) is 0 Å². The molecule has 6 heteroatoms. The molecule has 4 nitrogen and oxygen atoms in total. The number of rotatable bonds is 4. The molecule has 20 heavy (non-hydrogen) atoms. The summed E-state index contributed by atoms with van der Waals surface area (Å²) in [5.74, 6) is 1.37. The standard InChI is InChI=1S/C14H16FN3OS/c15-10-6-18(7-10)14-16-11-4-5-12(17-13(11)20-14)19-8-9-2-1-3-9/h4-5,9-10H,1-3,6-8H2. The Morgan fingerprint density at radius 1 is 1.30 bits per heavy atom. The second-order valence-corrected chi connectivity index (χ2v) is 6.54. The Kier molecular flexibility index (Phi) is 2.98. The summed E-state index contributed by atoms with van der Waals surface area (Å²) in [4.78, 5) is 11.8. The van der Waals surface area contributed by atoms with E-state index in [-0.39, 0.29) is 0 Å². The molecule has 1 aliphatic carbocycles. The number of nitrogens with zero attached hydrogens (tertiary/aromatic N) is 3. The van der Waals surface area contributed by atoms with Gasteiger partial charge in [0, 0.05) is 6.07 Å². The predicted octanol–water partition coefficient (Wildman–Crippen LogP) is 3.03. The molecule has 1 aliphatic heterocycles. The van der Waals surface area contributed by atoms with E-state index in [4.69, 9.17) is 4.74 Å². The summed E-state index contributed by atoms with van der Waals surface area (Å²) in [6.07, 6.45) is 3.15. The van der Waals surface area contributed by atoms with Crippen molar-refractivity contribution in [2.75, 3.05) is 24.6 Å². The van der Waals surface area contributed by atoms with E-state index in [9.17, 15) is 4.39 Å². The summed E-state index contributed by atoms with van der Waals surface area (Å²) in [5.41, 5.74) is 0.864. The van der Waals surface area contributed by atoms with Gasteiger partial charge in [0.15, 0.2) is 5.13 Å². The lowest BCUT2D eigenvalue weighted by molar-refractivity contribution is 0.176. The Morgan fingerprint density at radius 3 is 2.85 bits per heavy atom. The van der Waals surface area contributed by atoms with Gasteiger partial charge >= 0.3 is 0 Å². The van der Waals surface area contributed by atoms with Gasteiger partial charge in [-0.05, 0) is 24.8 Å². The van der Waals surface area contributed by atoms with Crippen LogP contribution in [0.1, 0.15) is 19.3 Å². The highest BCUT2D eigenvalue weighted by Crippen LogP contribution is 2.32. The van der Waals surface area contributed by atoms with Gasteiger partial charge in [-0.2, -0.15) is 0 Å². The molecular formula is C14H16FN3OS. The third-order valence-corrected chi connectivity index (χ3v) is 5.04. The van der Waals surface area contributed by atoms with Crippen LogP contribution < -0.4 is 9.64 Å². The van der Waals surface area contributed by atoms with E-state index in [1.165, 1.54) is 30.6 Å². The fourth-order valence-electron chi connectivity index (χ4n) is 2.45. The van der Waals surface area contributed by atoms with Crippen molar-refractivity contribution >= 4 is 26.8 Å². The Bertz CT molecular complexity index is 622. The van der Waals surface area contributed by atoms with Crippen LogP contribution in [0.4, 0.5) is 9.52 Å². The maximum atomic E-state index is 12.9. The molecule has 1 saturated heterocycles. The number of ether oxygens (including phenoxy) is 1. The molecule has 0 bridgehead atoms. The smallest absolute Gasteiger partial charge is 0.214 e. The van der Waals surface area contributed by atoms with E-state index in [1.54, 1.807) is 0 Å². The first-order valence-corrected chi connectivity index (χ1v) is 7.89. The highest BCUT2D eigenvalue weighted by molar-refractivity contribution is 7.21. The summed E-state index contributed by atoms with van der Waals surface area (Å²) >= 11 is 1.51. The van der Waals surface area contributed by atoms with Crippen molar-refractivity contribution in [3.63, 3.8) is 0 Å². The zero-order chi connectivity index (χ0) is 13.5. The fourth-order valence-corrected chi connectivity index (χ4v) is 3.40. The molecule has 2 aliphatic rings. The van der Waals surface area contributed by atoms with E-state index < -0.39 is 6.17 Å². The first kappa shape index (κ1) is 12.3. The summed E-state index contributed by atoms with van der Waals surface area (Å²) in [6, 6.07) is 3.81. The number of alkyl halides is 1. The van der Waals surface area contributed by atoms with Crippen LogP contribution in [0.3, 0.4) is 0 Å². The van der Waals surface area contributed by atoms with Crippen molar-refractivity contribution in [2.45, 2.75) is 25.4 Å². The van der Waals surface area contributed by atoms with Crippen LogP contribution in [0.15, 0.2) is 12.1 Å². The molecule has 0 aromatic carbocycles. The lowest BCUT2D eigenvalue weighted by Gasteiger charge is -2.33.